The number of benzene rings is 1. The van der Waals surface area contributed by atoms with Gasteiger partial charge in [0.25, 0.3) is 5.91 Å². The van der Waals surface area contributed by atoms with Crippen molar-refractivity contribution in [3.05, 3.63) is 94.9 Å². The van der Waals surface area contributed by atoms with E-state index in [0.717, 1.165) is 4.90 Å². The quantitative estimate of drug-likeness (QED) is 0.287. The van der Waals surface area contributed by atoms with Crippen LogP contribution < -0.4 is 10.6 Å². The Bertz CT molecular complexity index is 1830. The van der Waals surface area contributed by atoms with Gasteiger partial charge in [0.1, 0.15) is 33.3 Å². The molecule has 5 aromatic rings. The highest BCUT2D eigenvalue weighted by Crippen LogP contribution is 2.53. The summed E-state index contributed by atoms with van der Waals surface area (Å²) in [6.07, 6.45) is -0.626. The summed E-state index contributed by atoms with van der Waals surface area (Å²) < 4.78 is 59.9. The Labute approximate surface area is 234 Å². The van der Waals surface area contributed by atoms with Gasteiger partial charge in [0.15, 0.2) is 11.5 Å². The van der Waals surface area contributed by atoms with Crippen molar-refractivity contribution in [3.8, 4) is 22.6 Å². The molecule has 14 heteroatoms. The number of carbonyl (C=O) groups is 1. The van der Waals surface area contributed by atoms with Gasteiger partial charge >= 0.3 is 6.18 Å². The number of alkyl halides is 3. The lowest BCUT2D eigenvalue weighted by molar-refractivity contribution is -0.115. The first-order valence-corrected chi connectivity index (χ1v) is 13.0. The maximum Gasteiger partial charge on any atom is 0.432 e. The molecule has 4 aromatic heterocycles. The van der Waals surface area contributed by atoms with Gasteiger partial charge in [-0.25, -0.2) is 18.9 Å². The first-order chi connectivity index (χ1) is 19.5. The lowest BCUT2D eigenvalue weighted by Crippen LogP contribution is -2.32. The molecule has 0 fully saturated rings. The van der Waals surface area contributed by atoms with E-state index in [-0.39, 0.29) is 17.3 Å². The third-order valence-electron chi connectivity index (χ3n) is 6.64. The van der Waals surface area contributed by atoms with Crippen molar-refractivity contribution in [1.82, 2.24) is 29.1 Å². The van der Waals surface area contributed by atoms with E-state index in [1.165, 1.54) is 35.2 Å². The van der Waals surface area contributed by atoms with Crippen LogP contribution in [0.4, 0.5) is 23.4 Å². The van der Waals surface area contributed by atoms with E-state index < -0.39 is 28.1 Å². The molecule has 5 heterocycles. The standard InChI is InChI=1S/C27H20F4N8OS/c1-14-34-21(15-3-5-17(28)6-4-15)22(37(14)2)18-7-8-19-35-20(13-38(19)36-18)39-24(27(29,30)31)23(25(32)40)41-26(39)16-9-11-33-12-10-16/h3-13,26H,1-2H3,(H2,32,40). The largest absolute Gasteiger partial charge is 0.432 e. The second kappa shape index (κ2) is 9.73. The maximum atomic E-state index is 14.4. The number of amides is 1. The molecule has 0 saturated carbocycles. The summed E-state index contributed by atoms with van der Waals surface area (Å²) >= 11 is 0.700. The van der Waals surface area contributed by atoms with Crippen molar-refractivity contribution >= 4 is 29.1 Å². The number of aryl methyl sites for hydroxylation is 1. The zero-order valence-electron chi connectivity index (χ0n) is 21.5. The van der Waals surface area contributed by atoms with E-state index in [1.807, 2.05) is 18.5 Å². The molecule has 0 saturated heterocycles. The van der Waals surface area contributed by atoms with Crippen LogP contribution in [0.15, 0.2) is 77.7 Å². The van der Waals surface area contributed by atoms with E-state index in [4.69, 9.17) is 5.73 Å². The number of allylic oxidation sites excluding steroid dienone is 1. The second-order valence-electron chi connectivity index (χ2n) is 9.20. The Balaban J connectivity index is 1.49. The van der Waals surface area contributed by atoms with E-state index >= 15 is 0 Å². The number of nitrogens with two attached hydrogens (primary N) is 1. The molecule has 41 heavy (non-hydrogen) atoms. The van der Waals surface area contributed by atoms with Gasteiger partial charge in [-0.3, -0.25) is 9.78 Å². The summed E-state index contributed by atoms with van der Waals surface area (Å²) in [5, 5.41) is 3.66. The van der Waals surface area contributed by atoms with Gasteiger partial charge in [-0.05, 0) is 61.0 Å². The summed E-state index contributed by atoms with van der Waals surface area (Å²) in [5.74, 6) is -0.966. The molecule has 208 valence electrons. The first-order valence-electron chi connectivity index (χ1n) is 12.2. The number of rotatable bonds is 5. The predicted molar refractivity (Wildman–Crippen MR) is 145 cm³/mol. The Morgan fingerprint density at radius 1 is 1.02 bits per heavy atom. The third kappa shape index (κ3) is 4.59. The van der Waals surface area contributed by atoms with Crippen LogP contribution in [-0.2, 0) is 11.8 Å². The van der Waals surface area contributed by atoms with Crippen molar-refractivity contribution in [1.29, 1.82) is 0 Å². The van der Waals surface area contributed by atoms with E-state index in [2.05, 4.69) is 20.1 Å². The van der Waals surface area contributed by atoms with Crippen LogP contribution >= 0.6 is 11.8 Å². The number of thioether (sulfide) groups is 1. The van der Waals surface area contributed by atoms with Crippen LogP contribution in [0.25, 0.3) is 28.3 Å². The van der Waals surface area contributed by atoms with Gasteiger partial charge in [0, 0.05) is 25.0 Å². The first kappa shape index (κ1) is 26.5. The lowest BCUT2D eigenvalue weighted by atomic mass is 10.1. The Hall–Kier alpha value is -4.72. The van der Waals surface area contributed by atoms with Crippen LogP contribution in [0.1, 0.15) is 16.8 Å². The fourth-order valence-electron chi connectivity index (χ4n) is 4.69. The number of aromatic nitrogens is 6. The number of imidazole rings is 2. The maximum absolute atomic E-state index is 14.4. The molecule has 6 rings (SSSR count). The van der Waals surface area contributed by atoms with Crippen LogP contribution in [0.2, 0.25) is 0 Å². The average Bonchev–Trinajstić information content (AvgIpc) is 3.62. The van der Waals surface area contributed by atoms with Crippen LogP contribution in [0, 0.1) is 12.7 Å². The number of anilines is 1. The molecule has 1 atom stereocenters. The number of pyridine rings is 1. The van der Waals surface area contributed by atoms with Gasteiger partial charge in [-0.2, -0.15) is 18.3 Å². The third-order valence-corrected chi connectivity index (χ3v) is 7.97. The number of primary amides is 1. The van der Waals surface area contributed by atoms with Crippen LogP contribution in [0.3, 0.4) is 0 Å². The molecule has 0 bridgehead atoms. The SMILES string of the molecule is Cc1nc(-c2ccc(F)cc2)c(-c2ccc3nc(N4C(C(F)(F)F)=C(C(N)=O)SC4c4ccncc4)cn3n2)n1C. The van der Waals surface area contributed by atoms with Gasteiger partial charge in [-0.15, -0.1) is 0 Å². The minimum Gasteiger partial charge on any atom is -0.365 e. The predicted octanol–water partition coefficient (Wildman–Crippen LogP) is 5.15. The zero-order valence-corrected chi connectivity index (χ0v) is 22.3. The topological polar surface area (TPSA) is 107 Å². The van der Waals surface area contributed by atoms with Gasteiger partial charge in [0.05, 0.1) is 17.6 Å². The second-order valence-corrected chi connectivity index (χ2v) is 10.3. The van der Waals surface area contributed by atoms with E-state index in [1.54, 1.807) is 36.4 Å². The summed E-state index contributed by atoms with van der Waals surface area (Å²) in [6.45, 7) is 1.82. The highest BCUT2D eigenvalue weighted by Gasteiger charge is 2.50. The van der Waals surface area contributed by atoms with Crippen molar-refractivity contribution < 1.29 is 22.4 Å². The smallest absolute Gasteiger partial charge is 0.365 e. The number of hydrogen-bond acceptors (Lipinski definition) is 7. The number of halogens is 4. The van der Waals surface area contributed by atoms with Crippen LogP contribution in [0.5, 0.6) is 0 Å². The summed E-state index contributed by atoms with van der Waals surface area (Å²) in [5.41, 5.74) is 7.28. The number of nitrogens with zero attached hydrogens (tertiary/aromatic N) is 7. The van der Waals surface area contributed by atoms with Crippen LogP contribution in [-0.4, -0.2) is 41.2 Å². The molecule has 0 radical (unpaired) electrons. The summed E-state index contributed by atoms with van der Waals surface area (Å²) in [6, 6.07) is 12.3. The molecule has 0 spiro atoms. The van der Waals surface area contributed by atoms with Gasteiger partial charge < -0.3 is 15.2 Å². The van der Waals surface area contributed by atoms with Gasteiger partial charge in [0.2, 0.25) is 0 Å². The fraction of sp³-hybridized carbons (Fsp3) is 0.148. The van der Waals surface area contributed by atoms with Crippen molar-refractivity contribution in [2.75, 3.05) is 4.90 Å². The Morgan fingerprint density at radius 2 is 1.73 bits per heavy atom. The highest BCUT2D eigenvalue weighted by molar-refractivity contribution is 8.04. The molecule has 2 N–H and O–H groups in total. The van der Waals surface area contributed by atoms with Crippen molar-refractivity contribution in [2.45, 2.75) is 18.5 Å². The zero-order chi connectivity index (χ0) is 29.1. The molecule has 1 aliphatic heterocycles. The molecule has 1 amide bonds. The summed E-state index contributed by atoms with van der Waals surface area (Å²) in [4.78, 5) is 25.5. The number of fused-ring (bicyclic) bond motifs is 1. The fourth-order valence-corrected chi connectivity index (χ4v) is 5.97. The van der Waals surface area contributed by atoms with Gasteiger partial charge in [-0.1, -0.05) is 11.8 Å². The molecule has 9 nitrogen and oxygen atoms in total. The molecule has 1 aliphatic rings. The molecule has 1 aromatic carbocycles. The van der Waals surface area contributed by atoms with E-state index in [0.29, 0.717) is 45.8 Å². The molecular weight excluding hydrogens is 560 g/mol. The molecular formula is C27H20F4N8OS. The average molecular weight is 581 g/mol. The lowest BCUT2D eigenvalue weighted by Gasteiger charge is -2.27. The minimum absolute atomic E-state index is 0.0764. The monoisotopic (exact) mass is 580 g/mol. The Kier molecular flexibility index (Phi) is 6.29. The number of hydrogen-bond donors (Lipinski definition) is 1. The minimum atomic E-state index is -4.90. The van der Waals surface area contributed by atoms with Crippen molar-refractivity contribution in [3.63, 3.8) is 0 Å². The molecule has 1 unspecified atom stereocenters. The normalized spacial score (nSPS) is 15.8. The van der Waals surface area contributed by atoms with E-state index in [9.17, 15) is 22.4 Å². The highest BCUT2D eigenvalue weighted by atomic mass is 32.2. The Morgan fingerprint density at radius 3 is 2.39 bits per heavy atom. The molecule has 0 aliphatic carbocycles. The number of carbonyl (C=O) groups excluding carboxylic acids is 1. The van der Waals surface area contributed by atoms with Crippen molar-refractivity contribution in [2.24, 2.45) is 12.8 Å². The summed E-state index contributed by atoms with van der Waals surface area (Å²) in [7, 11) is 1.81.